The molecule has 2 amide bonds. The molecular weight excluding hydrogens is 816 g/mol. The summed E-state index contributed by atoms with van der Waals surface area (Å²) in [6.45, 7) is 5.18. The van der Waals surface area contributed by atoms with E-state index >= 15 is 8.90 Å². The number of ether oxygens (including phenoxy) is 1. The molecule has 7 aromatic rings. The number of carbonyl (C=O) groups excluding carboxylic acids is 2. The number of aromatic nitrogens is 4. The molecule has 5 atom stereocenters. The summed E-state index contributed by atoms with van der Waals surface area (Å²) in [4.78, 5) is 60.4. The van der Waals surface area contributed by atoms with Gasteiger partial charge in [0.1, 0.15) is 0 Å². The first-order valence-electron chi connectivity index (χ1n) is 21.2. The van der Waals surface area contributed by atoms with Crippen LogP contribution in [0.5, 0.6) is 0 Å². The summed E-state index contributed by atoms with van der Waals surface area (Å²) in [7, 11) is -3.68. The molecule has 10 rings (SSSR count). The highest BCUT2D eigenvalue weighted by Gasteiger charge is 2.67. The number of anilines is 1. The summed E-state index contributed by atoms with van der Waals surface area (Å²) in [5.74, 6) is -1.42. The third-order valence-corrected chi connectivity index (χ3v) is 15.8. The molecule has 0 unspecified atom stereocenters. The van der Waals surface area contributed by atoms with Gasteiger partial charge in [-0.3, -0.25) is 19.2 Å². The molecule has 1 fully saturated rings. The molecular formula is C49H45FN6O6Si. The van der Waals surface area contributed by atoms with Crippen molar-refractivity contribution in [3.63, 3.8) is 0 Å². The zero-order valence-corrected chi connectivity index (χ0v) is 36.0. The summed E-state index contributed by atoms with van der Waals surface area (Å²) in [5, 5.41) is 21.8. The number of aliphatic hydroxyl groups is 1. The van der Waals surface area contributed by atoms with Crippen molar-refractivity contribution in [1.29, 1.82) is 0 Å². The minimum Gasteiger partial charge on any atom is -0.394 e. The number of rotatable bonds is 8. The van der Waals surface area contributed by atoms with E-state index in [2.05, 4.69) is 10.2 Å². The number of benzene rings is 5. The number of carbonyl (C=O) groups is 2. The van der Waals surface area contributed by atoms with Gasteiger partial charge in [0.05, 0.1) is 71.9 Å². The molecule has 1 spiro atoms. The molecule has 14 heteroatoms. The van der Waals surface area contributed by atoms with E-state index < -0.39 is 43.5 Å². The SMILES string of the molecule is C[C@H]1[C@H]([Si](C)(C)F)[C@@H](CC(=O)N2Cc3ccccc3C[C@H]2CO)O[C@]12C(=O)N(Cc1ccc(-n3ncc4ccccc4c3=O)cc1)c1ccc(-n3ncc4ccccc4c3=O)cc12. The summed E-state index contributed by atoms with van der Waals surface area (Å²) in [6.07, 6.45) is 2.59. The van der Waals surface area contributed by atoms with Crippen LogP contribution in [0.25, 0.3) is 32.9 Å². The predicted octanol–water partition coefficient (Wildman–Crippen LogP) is 6.74. The highest BCUT2D eigenvalue weighted by Crippen LogP contribution is 2.60. The minimum atomic E-state index is -3.68. The highest BCUT2D eigenvalue weighted by atomic mass is 28.4. The average molecular weight is 861 g/mol. The second kappa shape index (κ2) is 15.3. The summed E-state index contributed by atoms with van der Waals surface area (Å²) >= 11 is 0. The predicted molar refractivity (Wildman–Crippen MR) is 240 cm³/mol. The molecule has 0 radical (unpaired) electrons. The fourth-order valence-electron chi connectivity index (χ4n) is 10.3. The topological polar surface area (TPSA) is 140 Å². The molecule has 2 aromatic heterocycles. The Morgan fingerprint density at radius 2 is 1.40 bits per heavy atom. The summed E-state index contributed by atoms with van der Waals surface area (Å²) < 4.78 is 26.6. The number of nitrogens with zero attached hydrogens (tertiary/aromatic N) is 6. The van der Waals surface area contributed by atoms with Crippen LogP contribution in [0.1, 0.15) is 35.6 Å². The lowest BCUT2D eigenvalue weighted by Crippen LogP contribution is -2.48. The van der Waals surface area contributed by atoms with Gasteiger partial charge < -0.3 is 23.8 Å². The number of halogens is 1. The molecule has 5 heterocycles. The number of fused-ring (bicyclic) bond motifs is 5. The Morgan fingerprint density at radius 1 is 0.810 bits per heavy atom. The smallest absolute Gasteiger partial charge is 0.279 e. The zero-order chi connectivity index (χ0) is 43.8. The van der Waals surface area contributed by atoms with Crippen LogP contribution in [0.15, 0.2) is 137 Å². The van der Waals surface area contributed by atoms with Crippen molar-refractivity contribution in [2.24, 2.45) is 5.92 Å². The first-order valence-corrected chi connectivity index (χ1v) is 24.2. The van der Waals surface area contributed by atoms with E-state index in [0.29, 0.717) is 51.7 Å². The molecule has 318 valence electrons. The number of amides is 2. The Hall–Kier alpha value is -6.61. The van der Waals surface area contributed by atoms with Gasteiger partial charge in [-0.25, -0.2) is 0 Å². The largest absolute Gasteiger partial charge is 0.394 e. The van der Waals surface area contributed by atoms with Gasteiger partial charge in [0.2, 0.25) is 14.3 Å². The molecule has 3 aliphatic heterocycles. The van der Waals surface area contributed by atoms with Crippen molar-refractivity contribution >= 4 is 47.5 Å². The van der Waals surface area contributed by atoms with Gasteiger partial charge in [0.25, 0.3) is 17.0 Å². The standard InChI is InChI=1S/C49H45FN6O6Si/c1-30-45(63(2,3)50)43(24-44(58)53-28-35-13-5-4-10-32(35)22-38(53)29-57)62-49(30)41-23-37(56-47(60)40-15-9-7-12-34(40)26-52-56)20-21-42(41)54(48(49)61)27-31-16-18-36(19-17-31)55-46(59)39-14-8-6-11-33(39)25-51-55/h4-21,23,25-26,30,38,43,45,57H,22,24,27-29H2,1-3H3/t30-,38-,43+,45-,49+/m0/s1. The Bertz CT molecular complexity index is 3100. The van der Waals surface area contributed by atoms with Crippen molar-refractivity contribution in [3.8, 4) is 11.4 Å². The van der Waals surface area contributed by atoms with Gasteiger partial charge >= 0.3 is 0 Å². The molecule has 0 bridgehead atoms. The second-order valence-corrected chi connectivity index (χ2v) is 21.3. The molecule has 1 N–H and O–H groups in total. The molecule has 12 nitrogen and oxygen atoms in total. The average Bonchev–Trinajstić information content (AvgIpc) is 3.71. The van der Waals surface area contributed by atoms with Gasteiger partial charge in [-0.05, 0) is 78.7 Å². The van der Waals surface area contributed by atoms with Crippen LogP contribution in [-0.4, -0.2) is 68.5 Å². The van der Waals surface area contributed by atoms with Crippen LogP contribution in [0.3, 0.4) is 0 Å². The first-order chi connectivity index (χ1) is 30.4. The molecule has 5 aromatic carbocycles. The molecule has 0 saturated carbocycles. The van der Waals surface area contributed by atoms with E-state index in [9.17, 15) is 19.5 Å². The quantitative estimate of drug-likeness (QED) is 0.131. The van der Waals surface area contributed by atoms with E-state index in [1.807, 2.05) is 73.7 Å². The van der Waals surface area contributed by atoms with E-state index in [1.54, 1.807) is 83.8 Å². The fourth-order valence-corrected chi connectivity index (χ4v) is 12.8. The van der Waals surface area contributed by atoms with Crippen LogP contribution in [0.2, 0.25) is 18.6 Å². The van der Waals surface area contributed by atoms with Crippen molar-refractivity contribution in [2.75, 3.05) is 11.5 Å². The van der Waals surface area contributed by atoms with Crippen LogP contribution in [0, 0.1) is 5.92 Å². The highest BCUT2D eigenvalue weighted by molar-refractivity contribution is 6.72. The van der Waals surface area contributed by atoms with E-state index in [1.165, 1.54) is 9.36 Å². The summed E-state index contributed by atoms with van der Waals surface area (Å²) in [6, 6.07) is 34.3. The third-order valence-electron chi connectivity index (χ3n) is 13.4. The second-order valence-electron chi connectivity index (χ2n) is 17.5. The van der Waals surface area contributed by atoms with Gasteiger partial charge in [0, 0.05) is 34.3 Å². The van der Waals surface area contributed by atoms with Gasteiger partial charge in [-0.15, -0.1) is 0 Å². The van der Waals surface area contributed by atoms with Crippen LogP contribution >= 0.6 is 0 Å². The first kappa shape index (κ1) is 40.5. The maximum Gasteiger partial charge on any atom is 0.279 e. The lowest BCUT2D eigenvalue weighted by molar-refractivity contribution is -0.151. The van der Waals surface area contributed by atoms with Crippen molar-refractivity contribution in [1.82, 2.24) is 24.5 Å². The van der Waals surface area contributed by atoms with Crippen LogP contribution in [0.4, 0.5) is 9.80 Å². The van der Waals surface area contributed by atoms with Gasteiger partial charge in [-0.2, -0.15) is 19.6 Å². The van der Waals surface area contributed by atoms with Crippen molar-refractivity contribution in [3.05, 3.63) is 171 Å². The number of hydrogen-bond donors (Lipinski definition) is 1. The molecule has 63 heavy (non-hydrogen) atoms. The molecule has 1 saturated heterocycles. The maximum absolute atomic E-state index is 16.9. The van der Waals surface area contributed by atoms with Crippen molar-refractivity contribution < 1.29 is 23.5 Å². The van der Waals surface area contributed by atoms with E-state index in [4.69, 9.17) is 4.74 Å². The lowest BCUT2D eigenvalue weighted by atomic mass is 9.82. The monoisotopic (exact) mass is 860 g/mol. The van der Waals surface area contributed by atoms with Crippen LogP contribution < -0.4 is 16.0 Å². The Morgan fingerprint density at radius 3 is 2.03 bits per heavy atom. The third kappa shape index (κ3) is 6.62. The number of hydrogen-bond acceptors (Lipinski definition) is 8. The lowest BCUT2D eigenvalue weighted by Gasteiger charge is -2.37. The zero-order valence-electron chi connectivity index (χ0n) is 35.0. The Labute approximate surface area is 363 Å². The Balaban J connectivity index is 1.04. The van der Waals surface area contributed by atoms with E-state index in [0.717, 1.165) is 22.1 Å². The molecule has 3 aliphatic rings. The maximum atomic E-state index is 16.9. The fraction of sp³-hybridized carbons (Fsp3) is 0.265. The van der Waals surface area contributed by atoms with Gasteiger partial charge in [0.15, 0.2) is 5.60 Å². The number of aliphatic hydroxyl groups excluding tert-OH is 1. The molecule has 0 aliphatic carbocycles. The van der Waals surface area contributed by atoms with Crippen molar-refractivity contribution in [2.45, 2.75) is 69.2 Å². The minimum absolute atomic E-state index is 0.105. The van der Waals surface area contributed by atoms with Crippen LogP contribution in [-0.2, 0) is 39.4 Å². The summed E-state index contributed by atoms with van der Waals surface area (Å²) in [5.41, 5.74) is 1.64. The Kier molecular flexibility index (Phi) is 9.84. The normalized spacial score (nSPS) is 22.0. The van der Waals surface area contributed by atoms with Gasteiger partial charge in [-0.1, -0.05) is 79.7 Å². The van der Waals surface area contributed by atoms with E-state index in [-0.39, 0.29) is 36.6 Å².